The molecule has 0 radical (unpaired) electrons. The van der Waals surface area contributed by atoms with Crippen molar-refractivity contribution >= 4 is 35.6 Å². The molecule has 0 aliphatic carbocycles. The molecular weight excluding hydrogens is 526 g/mol. The summed E-state index contributed by atoms with van der Waals surface area (Å²) in [5.41, 5.74) is 1.92. The van der Waals surface area contributed by atoms with Gasteiger partial charge in [0.25, 0.3) is 0 Å². The van der Waals surface area contributed by atoms with Gasteiger partial charge in [-0.25, -0.2) is 4.39 Å². The molecule has 1 fully saturated rings. The fraction of sp³-hybridized carbons (Fsp3) is 0.435. The van der Waals surface area contributed by atoms with E-state index in [0.29, 0.717) is 18.5 Å². The maximum Gasteiger partial charge on any atom is 0.191 e. The first-order valence-electron chi connectivity index (χ1n) is 10.3. The first-order chi connectivity index (χ1) is 15.1. The van der Waals surface area contributed by atoms with Crippen LogP contribution in [0.5, 0.6) is 17.2 Å². The molecule has 0 unspecified atom stereocenters. The second kappa shape index (κ2) is 12.6. The molecule has 2 aromatic rings. The fourth-order valence-electron chi connectivity index (χ4n) is 3.65. The molecule has 0 bridgehead atoms. The van der Waals surface area contributed by atoms with Gasteiger partial charge in [-0.3, -0.25) is 4.99 Å². The van der Waals surface area contributed by atoms with E-state index < -0.39 is 0 Å². The monoisotopic (exact) mass is 558 g/mol. The summed E-state index contributed by atoms with van der Waals surface area (Å²) in [5.74, 6) is 2.15. The predicted octanol–water partition coefficient (Wildman–Crippen LogP) is 3.80. The number of aliphatic imine (C=N–C) groups is 1. The number of nitrogens with zero attached hydrogens (tertiary/aromatic N) is 2. The normalized spacial score (nSPS) is 14.4. The highest BCUT2D eigenvalue weighted by Gasteiger charge is 2.21. The van der Waals surface area contributed by atoms with E-state index >= 15 is 0 Å². The Balaban J connectivity index is 0.00000363. The topological polar surface area (TPSA) is 67.4 Å². The van der Waals surface area contributed by atoms with Crippen LogP contribution in [0.1, 0.15) is 18.4 Å². The summed E-state index contributed by atoms with van der Waals surface area (Å²) in [6, 6.07) is 11.2. The van der Waals surface area contributed by atoms with Crippen LogP contribution in [-0.2, 0) is 6.54 Å². The van der Waals surface area contributed by atoms with Gasteiger partial charge in [-0.05, 0) is 30.5 Å². The van der Waals surface area contributed by atoms with Crippen LogP contribution >= 0.6 is 24.0 Å². The van der Waals surface area contributed by atoms with Crippen LogP contribution in [-0.4, -0.2) is 53.5 Å². The van der Waals surface area contributed by atoms with Gasteiger partial charge in [0.15, 0.2) is 17.5 Å². The zero-order valence-electron chi connectivity index (χ0n) is 19.0. The molecular formula is C23H32FIN4O3. The van der Waals surface area contributed by atoms with Gasteiger partial charge in [0, 0.05) is 56.6 Å². The quantitative estimate of drug-likeness (QED) is 0.306. The smallest absolute Gasteiger partial charge is 0.191 e. The van der Waals surface area contributed by atoms with Crippen LogP contribution in [0.25, 0.3) is 0 Å². The molecule has 0 atom stereocenters. The Kier molecular flexibility index (Phi) is 10.1. The molecule has 0 spiro atoms. The molecule has 3 rings (SSSR count). The Morgan fingerprint density at radius 1 is 1.03 bits per heavy atom. The second-order valence-electron chi connectivity index (χ2n) is 7.37. The van der Waals surface area contributed by atoms with Crippen molar-refractivity contribution in [2.75, 3.05) is 46.4 Å². The van der Waals surface area contributed by atoms with Crippen LogP contribution in [0.2, 0.25) is 0 Å². The van der Waals surface area contributed by atoms with E-state index in [0.717, 1.165) is 48.7 Å². The number of benzene rings is 2. The van der Waals surface area contributed by atoms with E-state index in [1.165, 1.54) is 13.2 Å². The number of anilines is 1. The number of methoxy groups -OCH3 is 3. The molecule has 0 saturated carbocycles. The summed E-state index contributed by atoms with van der Waals surface area (Å²) in [4.78, 5) is 6.64. The summed E-state index contributed by atoms with van der Waals surface area (Å²) in [5, 5.41) is 6.73. The van der Waals surface area contributed by atoms with Gasteiger partial charge < -0.3 is 29.7 Å². The number of nitrogens with one attached hydrogen (secondary N) is 2. The zero-order chi connectivity index (χ0) is 22.2. The number of piperidine rings is 1. The molecule has 0 aromatic heterocycles. The highest BCUT2D eigenvalue weighted by molar-refractivity contribution is 14.0. The molecule has 1 aliphatic rings. The lowest BCUT2D eigenvalue weighted by atomic mass is 10.0. The highest BCUT2D eigenvalue weighted by Crippen LogP contribution is 2.30. The average Bonchev–Trinajstić information content (AvgIpc) is 2.81. The number of guanidine groups is 1. The van der Waals surface area contributed by atoms with Crippen LogP contribution in [0, 0.1) is 5.82 Å². The maximum atomic E-state index is 13.9. The van der Waals surface area contributed by atoms with Crippen molar-refractivity contribution in [3.63, 3.8) is 0 Å². The summed E-state index contributed by atoms with van der Waals surface area (Å²) in [6.45, 7) is 2.30. The molecule has 1 heterocycles. The SMILES string of the molecule is CN=C(NCc1ccc(OC)c(F)c1)NC1CCN(c2cc(OC)cc(OC)c2)CC1.I. The molecule has 0 amide bonds. The van der Waals surface area contributed by atoms with Crippen LogP contribution in [0.15, 0.2) is 41.4 Å². The van der Waals surface area contributed by atoms with Crippen molar-refractivity contribution in [1.29, 1.82) is 0 Å². The summed E-state index contributed by atoms with van der Waals surface area (Å²) >= 11 is 0. The zero-order valence-corrected chi connectivity index (χ0v) is 21.3. The number of ether oxygens (including phenoxy) is 3. The van der Waals surface area contributed by atoms with E-state index in [-0.39, 0.29) is 35.5 Å². The predicted molar refractivity (Wildman–Crippen MR) is 136 cm³/mol. The molecule has 1 aliphatic heterocycles. The average molecular weight is 558 g/mol. The number of hydrogen-bond acceptors (Lipinski definition) is 5. The summed E-state index contributed by atoms with van der Waals surface area (Å²) in [7, 11) is 6.51. The summed E-state index contributed by atoms with van der Waals surface area (Å²) < 4.78 is 29.6. The minimum atomic E-state index is -0.369. The van der Waals surface area contributed by atoms with Crippen molar-refractivity contribution in [3.05, 3.63) is 47.8 Å². The number of rotatable bonds is 7. The first-order valence-corrected chi connectivity index (χ1v) is 10.3. The lowest BCUT2D eigenvalue weighted by molar-refractivity contribution is 0.386. The second-order valence-corrected chi connectivity index (χ2v) is 7.37. The Hall–Kier alpha value is -2.43. The van der Waals surface area contributed by atoms with Crippen LogP contribution < -0.4 is 29.7 Å². The molecule has 1 saturated heterocycles. The Morgan fingerprint density at radius 3 is 2.22 bits per heavy atom. The van der Waals surface area contributed by atoms with Crippen molar-refractivity contribution in [1.82, 2.24) is 10.6 Å². The van der Waals surface area contributed by atoms with Crippen LogP contribution in [0.4, 0.5) is 10.1 Å². The maximum absolute atomic E-state index is 13.9. The van der Waals surface area contributed by atoms with Gasteiger partial charge in [0.05, 0.1) is 21.3 Å². The minimum absolute atomic E-state index is 0. The number of hydrogen-bond donors (Lipinski definition) is 2. The van der Waals surface area contributed by atoms with Gasteiger partial charge in [-0.15, -0.1) is 24.0 Å². The Morgan fingerprint density at radius 2 is 1.69 bits per heavy atom. The molecule has 176 valence electrons. The van der Waals surface area contributed by atoms with E-state index in [9.17, 15) is 4.39 Å². The molecule has 2 N–H and O–H groups in total. The van der Waals surface area contributed by atoms with Crippen molar-refractivity contribution in [2.24, 2.45) is 4.99 Å². The standard InChI is InChI=1S/C23H31FN4O3.HI/c1-25-23(26-15-16-5-6-22(31-4)21(24)11-16)27-17-7-9-28(10-8-17)18-12-19(29-2)14-20(13-18)30-3;/h5-6,11-14,17H,7-10,15H2,1-4H3,(H2,25,26,27);1H. The van der Waals surface area contributed by atoms with Crippen molar-refractivity contribution < 1.29 is 18.6 Å². The third kappa shape index (κ3) is 6.78. The van der Waals surface area contributed by atoms with E-state index in [4.69, 9.17) is 14.2 Å². The first kappa shape index (κ1) is 25.8. The van der Waals surface area contributed by atoms with Crippen molar-refractivity contribution in [2.45, 2.75) is 25.4 Å². The van der Waals surface area contributed by atoms with E-state index in [1.54, 1.807) is 27.3 Å². The fourth-order valence-corrected chi connectivity index (χ4v) is 3.65. The molecule has 7 nitrogen and oxygen atoms in total. The Bertz CT molecular complexity index is 883. The molecule has 2 aromatic carbocycles. The number of halogens is 2. The lowest BCUT2D eigenvalue weighted by Crippen LogP contribution is -2.48. The van der Waals surface area contributed by atoms with E-state index in [1.807, 2.05) is 24.3 Å². The van der Waals surface area contributed by atoms with E-state index in [2.05, 4.69) is 20.5 Å². The highest BCUT2D eigenvalue weighted by atomic mass is 127. The molecule has 9 heteroatoms. The lowest BCUT2D eigenvalue weighted by Gasteiger charge is -2.34. The third-order valence-electron chi connectivity index (χ3n) is 5.44. The third-order valence-corrected chi connectivity index (χ3v) is 5.44. The van der Waals surface area contributed by atoms with Crippen molar-refractivity contribution in [3.8, 4) is 17.2 Å². The van der Waals surface area contributed by atoms with Gasteiger partial charge in [0.2, 0.25) is 0 Å². The van der Waals surface area contributed by atoms with Gasteiger partial charge in [-0.2, -0.15) is 0 Å². The van der Waals surface area contributed by atoms with Gasteiger partial charge in [0.1, 0.15) is 11.5 Å². The summed E-state index contributed by atoms with van der Waals surface area (Å²) in [6.07, 6.45) is 1.94. The largest absolute Gasteiger partial charge is 0.497 e. The Labute approximate surface area is 206 Å². The molecule has 32 heavy (non-hydrogen) atoms. The van der Waals surface area contributed by atoms with Crippen LogP contribution in [0.3, 0.4) is 0 Å². The van der Waals surface area contributed by atoms with Gasteiger partial charge in [-0.1, -0.05) is 6.07 Å². The minimum Gasteiger partial charge on any atom is -0.497 e. The van der Waals surface area contributed by atoms with Gasteiger partial charge >= 0.3 is 0 Å².